The third-order valence-corrected chi connectivity index (χ3v) is 12.7. The number of hydrogen-bond donors (Lipinski definition) is 0. The van der Waals surface area contributed by atoms with Gasteiger partial charge < -0.3 is 4.42 Å². The smallest absolute Gasteiger partial charge is 0.235 e. The second kappa shape index (κ2) is 10.8. The summed E-state index contributed by atoms with van der Waals surface area (Å²) in [6, 6.07) is 58.8. The number of furan rings is 1. The zero-order chi connectivity index (χ0) is 35.8. The topological polar surface area (TPSA) is 43.9 Å². The zero-order valence-electron chi connectivity index (χ0n) is 29.2. The average molecular weight is 718 g/mol. The molecule has 5 heteroatoms. The molecular formula is C50H27N3OS. The monoisotopic (exact) mass is 717 g/mol. The molecule has 0 aliphatic rings. The third kappa shape index (κ3) is 3.94. The highest BCUT2D eigenvalue weighted by Crippen LogP contribution is 2.46. The molecule has 9 aromatic carbocycles. The molecule has 0 saturated heterocycles. The summed E-state index contributed by atoms with van der Waals surface area (Å²) in [5.41, 5.74) is 6.78. The summed E-state index contributed by atoms with van der Waals surface area (Å²) in [5.74, 6) is 0.649. The van der Waals surface area contributed by atoms with Crippen LogP contribution in [0.1, 0.15) is 0 Å². The lowest BCUT2D eigenvalue weighted by molar-refractivity contribution is 0.669. The second-order valence-electron chi connectivity index (χ2n) is 14.5. The van der Waals surface area contributed by atoms with Gasteiger partial charge in [-0.25, -0.2) is 9.97 Å². The van der Waals surface area contributed by atoms with Crippen molar-refractivity contribution < 1.29 is 4.42 Å². The first-order chi connectivity index (χ1) is 27.3. The van der Waals surface area contributed by atoms with Gasteiger partial charge in [0.15, 0.2) is 0 Å². The van der Waals surface area contributed by atoms with E-state index in [0.29, 0.717) is 5.95 Å². The molecule has 0 aliphatic heterocycles. The van der Waals surface area contributed by atoms with Crippen LogP contribution in [-0.2, 0) is 0 Å². The van der Waals surface area contributed by atoms with E-state index < -0.39 is 0 Å². The van der Waals surface area contributed by atoms with E-state index in [1.54, 1.807) is 11.3 Å². The Hall–Kier alpha value is -7.08. The van der Waals surface area contributed by atoms with E-state index in [4.69, 9.17) is 14.4 Å². The number of benzene rings is 9. The van der Waals surface area contributed by atoms with Crippen molar-refractivity contribution >= 4 is 118 Å². The molecule has 4 nitrogen and oxygen atoms in total. The van der Waals surface area contributed by atoms with Crippen LogP contribution in [0.4, 0.5) is 0 Å². The van der Waals surface area contributed by atoms with Gasteiger partial charge in [-0.15, -0.1) is 11.3 Å². The summed E-state index contributed by atoms with van der Waals surface area (Å²) in [6.07, 6.45) is 0. The number of nitrogens with zero attached hydrogens (tertiary/aromatic N) is 3. The molecule has 4 aromatic heterocycles. The number of rotatable bonds is 2. The van der Waals surface area contributed by atoms with Crippen molar-refractivity contribution in [2.75, 3.05) is 0 Å². The molecule has 4 heterocycles. The Morgan fingerprint density at radius 3 is 1.89 bits per heavy atom. The van der Waals surface area contributed by atoms with Gasteiger partial charge in [-0.05, 0) is 74.1 Å². The average Bonchev–Trinajstić information content (AvgIpc) is 3.92. The predicted molar refractivity (Wildman–Crippen MR) is 232 cm³/mol. The van der Waals surface area contributed by atoms with Crippen LogP contribution in [-0.4, -0.2) is 14.5 Å². The number of fused-ring (bicyclic) bond motifs is 17. The van der Waals surface area contributed by atoms with Gasteiger partial charge in [0, 0.05) is 42.6 Å². The Balaban J connectivity index is 1.24. The van der Waals surface area contributed by atoms with Crippen molar-refractivity contribution in [3.8, 4) is 17.2 Å². The number of hydrogen-bond acceptors (Lipinski definition) is 4. The molecule has 0 spiro atoms. The van der Waals surface area contributed by atoms with Crippen molar-refractivity contribution in [1.82, 2.24) is 14.5 Å². The largest absolute Gasteiger partial charge is 0.456 e. The molecule has 55 heavy (non-hydrogen) atoms. The SMILES string of the molecule is c1ccc2cc3c(cc2c1)c1c2c4ccccc4c4ccccc4c2ccc1n3-c1nc(-c2cccc3oc4ccccc4c23)c2sc3ccccc3c2n1. The lowest BCUT2D eigenvalue weighted by Gasteiger charge is -2.13. The summed E-state index contributed by atoms with van der Waals surface area (Å²) >= 11 is 1.75. The Morgan fingerprint density at radius 1 is 0.436 bits per heavy atom. The fourth-order valence-electron chi connectivity index (χ4n) is 9.24. The van der Waals surface area contributed by atoms with E-state index in [0.717, 1.165) is 59.8 Å². The highest BCUT2D eigenvalue weighted by atomic mass is 32.1. The summed E-state index contributed by atoms with van der Waals surface area (Å²) in [4.78, 5) is 11.2. The van der Waals surface area contributed by atoms with Gasteiger partial charge in [0.2, 0.25) is 5.95 Å². The Bertz CT molecular complexity index is 3760. The van der Waals surface area contributed by atoms with Crippen LogP contribution in [0.15, 0.2) is 168 Å². The van der Waals surface area contributed by atoms with E-state index in [1.165, 1.54) is 58.6 Å². The Morgan fingerprint density at radius 2 is 1.07 bits per heavy atom. The maximum atomic E-state index is 6.41. The highest BCUT2D eigenvalue weighted by Gasteiger charge is 2.24. The lowest BCUT2D eigenvalue weighted by Crippen LogP contribution is -2.03. The fraction of sp³-hybridized carbons (Fsp3) is 0. The molecule has 0 fully saturated rings. The zero-order valence-corrected chi connectivity index (χ0v) is 30.1. The molecule has 254 valence electrons. The summed E-state index contributed by atoms with van der Waals surface area (Å²) in [5, 5.41) is 15.6. The van der Waals surface area contributed by atoms with Gasteiger partial charge in [0.1, 0.15) is 11.2 Å². The molecule has 0 amide bonds. The first-order valence-electron chi connectivity index (χ1n) is 18.6. The highest BCUT2D eigenvalue weighted by molar-refractivity contribution is 7.26. The van der Waals surface area contributed by atoms with Gasteiger partial charge in [-0.2, -0.15) is 0 Å². The van der Waals surface area contributed by atoms with Crippen LogP contribution in [0.3, 0.4) is 0 Å². The van der Waals surface area contributed by atoms with Crippen molar-refractivity contribution in [3.63, 3.8) is 0 Å². The lowest BCUT2D eigenvalue weighted by atomic mass is 9.91. The van der Waals surface area contributed by atoms with Gasteiger partial charge in [0.25, 0.3) is 0 Å². The van der Waals surface area contributed by atoms with Crippen molar-refractivity contribution in [1.29, 1.82) is 0 Å². The summed E-state index contributed by atoms with van der Waals surface area (Å²) < 4.78 is 11.0. The second-order valence-corrected chi connectivity index (χ2v) is 15.5. The van der Waals surface area contributed by atoms with Crippen LogP contribution >= 0.6 is 11.3 Å². The fourth-order valence-corrected chi connectivity index (χ4v) is 10.4. The maximum absolute atomic E-state index is 6.41. The van der Waals surface area contributed by atoms with Crippen molar-refractivity contribution in [2.24, 2.45) is 0 Å². The van der Waals surface area contributed by atoms with Crippen LogP contribution in [0.5, 0.6) is 0 Å². The number of aromatic nitrogens is 3. The van der Waals surface area contributed by atoms with Crippen molar-refractivity contribution in [2.45, 2.75) is 0 Å². The van der Waals surface area contributed by atoms with E-state index in [1.807, 2.05) is 12.1 Å². The molecular weight excluding hydrogens is 691 g/mol. The van der Waals surface area contributed by atoms with Crippen LogP contribution in [0, 0.1) is 0 Å². The predicted octanol–water partition coefficient (Wildman–Crippen LogP) is 14.1. The standard InChI is InChI=1S/C50H27N3OS/c1-2-13-29-27-40-38(26-28(29)12-1)46-39(25-24-34-32-16-4-3-14-30(32)31-15-5-6-17-33(31)45(34)46)53(40)50-51-47-36-19-8-10-23-43(36)55-49(47)48(52-50)37-20-11-22-42-44(37)35-18-7-9-21-41(35)54-42/h1-27H. The van der Waals surface area contributed by atoms with Gasteiger partial charge in [-0.3, -0.25) is 4.57 Å². The van der Waals surface area contributed by atoms with Gasteiger partial charge in [-0.1, -0.05) is 127 Å². The number of para-hydroxylation sites is 1. The first kappa shape index (κ1) is 29.4. The molecule has 0 bridgehead atoms. The van der Waals surface area contributed by atoms with E-state index in [9.17, 15) is 0 Å². The normalized spacial score (nSPS) is 12.4. The van der Waals surface area contributed by atoms with Crippen molar-refractivity contribution in [3.05, 3.63) is 164 Å². The van der Waals surface area contributed by atoms with Gasteiger partial charge in [0.05, 0.1) is 26.9 Å². The minimum absolute atomic E-state index is 0.649. The molecule has 13 aromatic rings. The van der Waals surface area contributed by atoms with Crippen LogP contribution < -0.4 is 0 Å². The van der Waals surface area contributed by atoms with E-state index in [-0.39, 0.29) is 0 Å². The Labute approximate surface area is 317 Å². The summed E-state index contributed by atoms with van der Waals surface area (Å²) in [7, 11) is 0. The molecule has 0 aliphatic carbocycles. The number of thiophene rings is 1. The maximum Gasteiger partial charge on any atom is 0.235 e. The van der Waals surface area contributed by atoms with Crippen LogP contribution in [0.25, 0.3) is 124 Å². The molecule has 13 rings (SSSR count). The molecule has 0 N–H and O–H groups in total. The first-order valence-corrected chi connectivity index (χ1v) is 19.4. The van der Waals surface area contributed by atoms with Crippen LogP contribution in [0.2, 0.25) is 0 Å². The Kier molecular flexibility index (Phi) is 5.74. The summed E-state index contributed by atoms with van der Waals surface area (Å²) in [6.45, 7) is 0. The van der Waals surface area contributed by atoms with Gasteiger partial charge >= 0.3 is 0 Å². The molecule has 0 unspecified atom stereocenters. The molecule has 0 radical (unpaired) electrons. The minimum Gasteiger partial charge on any atom is -0.456 e. The minimum atomic E-state index is 0.649. The quantitative estimate of drug-likeness (QED) is 0.167. The van der Waals surface area contributed by atoms with E-state index in [2.05, 4.69) is 156 Å². The molecule has 0 atom stereocenters. The molecule has 0 saturated carbocycles. The van der Waals surface area contributed by atoms with E-state index >= 15 is 0 Å². The third-order valence-electron chi connectivity index (χ3n) is 11.6.